The zero-order valence-corrected chi connectivity index (χ0v) is 13.9. The highest BCUT2D eigenvalue weighted by Gasteiger charge is 2.37. The number of carbonyl (C=O) groups excluding carboxylic acids is 1. The van der Waals surface area contributed by atoms with Crippen LogP contribution in [0, 0.1) is 6.92 Å². The van der Waals surface area contributed by atoms with Gasteiger partial charge >= 0.3 is 0 Å². The van der Waals surface area contributed by atoms with Gasteiger partial charge in [0.2, 0.25) is 5.89 Å². The normalized spacial score (nSPS) is 21.7. The van der Waals surface area contributed by atoms with Crippen LogP contribution in [0.5, 0.6) is 0 Å². The zero-order chi connectivity index (χ0) is 16.6. The quantitative estimate of drug-likeness (QED) is 0.918. The Morgan fingerprint density at radius 2 is 2.35 bits per heavy atom. The van der Waals surface area contributed by atoms with Gasteiger partial charge in [0.1, 0.15) is 5.69 Å². The summed E-state index contributed by atoms with van der Waals surface area (Å²) in [6.07, 6.45) is 3.23. The SMILES string of the molecule is Cc1noc(CC2(O)CCCN(C(=O)c3cc(Cl)cn3C)C2)n1. The van der Waals surface area contributed by atoms with Gasteiger partial charge in [0.05, 0.1) is 23.6 Å². The van der Waals surface area contributed by atoms with Crippen molar-refractivity contribution in [2.75, 3.05) is 13.1 Å². The van der Waals surface area contributed by atoms with E-state index in [2.05, 4.69) is 10.1 Å². The second kappa shape index (κ2) is 5.98. The molecule has 23 heavy (non-hydrogen) atoms. The minimum absolute atomic E-state index is 0.140. The third-order valence-electron chi connectivity index (χ3n) is 4.08. The summed E-state index contributed by atoms with van der Waals surface area (Å²) in [5.74, 6) is 0.784. The molecule has 1 aliphatic rings. The van der Waals surface area contributed by atoms with Gasteiger partial charge in [0, 0.05) is 19.8 Å². The number of aliphatic hydroxyl groups is 1. The number of halogens is 1. The fourth-order valence-corrected chi connectivity index (χ4v) is 3.27. The molecule has 0 radical (unpaired) electrons. The summed E-state index contributed by atoms with van der Waals surface area (Å²) in [5, 5.41) is 15.1. The number of piperidine rings is 1. The van der Waals surface area contributed by atoms with Crippen molar-refractivity contribution in [2.45, 2.75) is 31.8 Å². The molecule has 8 heteroatoms. The Bertz CT molecular complexity index is 726. The topological polar surface area (TPSA) is 84.4 Å². The number of aromatic nitrogens is 3. The van der Waals surface area contributed by atoms with Crippen molar-refractivity contribution < 1.29 is 14.4 Å². The van der Waals surface area contributed by atoms with Crippen LogP contribution in [-0.4, -0.2) is 49.3 Å². The van der Waals surface area contributed by atoms with E-state index in [0.29, 0.717) is 41.8 Å². The van der Waals surface area contributed by atoms with Crippen molar-refractivity contribution in [1.29, 1.82) is 0 Å². The maximum Gasteiger partial charge on any atom is 0.270 e. The summed E-state index contributed by atoms with van der Waals surface area (Å²) < 4.78 is 6.78. The van der Waals surface area contributed by atoms with Crippen LogP contribution in [0.3, 0.4) is 0 Å². The van der Waals surface area contributed by atoms with Gasteiger partial charge < -0.3 is 19.1 Å². The summed E-state index contributed by atoms with van der Waals surface area (Å²) in [7, 11) is 1.77. The molecule has 0 aromatic carbocycles. The molecule has 0 saturated carbocycles. The number of nitrogens with zero attached hydrogens (tertiary/aromatic N) is 4. The van der Waals surface area contributed by atoms with Gasteiger partial charge in [-0.1, -0.05) is 16.8 Å². The van der Waals surface area contributed by atoms with Gasteiger partial charge in [-0.2, -0.15) is 4.98 Å². The minimum atomic E-state index is -1.05. The molecule has 1 unspecified atom stereocenters. The second-order valence-corrected chi connectivity index (χ2v) is 6.56. The Hall–Kier alpha value is -1.86. The van der Waals surface area contributed by atoms with Crippen LogP contribution < -0.4 is 0 Å². The molecule has 1 saturated heterocycles. The Kier molecular flexibility index (Phi) is 4.16. The second-order valence-electron chi connectivity index (χ2n) is 6.12. The molecular formula is C15H19ClN4O3. The average Bonchev–Trinajstić information content (AvgIpc) is 3.03. The predicted molar refractivity (Wildman–Crippen MR) is 83.2 cm³/mol. The van der Waals surface area contributed by atoms with Gasteiger partial charge in [0.25, 0.3) is 5.91 Å². The molecule has 1 atom stereocenters. The first-order valence-electron chi connectivity index (χ1n) is 7.49. The molecule has 1 fully saturated rings. The number of β-amino-alcohol motifs (C(OH)–C–C–N with tert-alkyl or cyclic N) is 1. The standard InChI is InChI=1S/C15H19ClN4O3/c1-10-17-13(23-18-10)7-15(22)4-3-5-20(9-15)14(21)12-6-11(16)8-19(12)2/h6,8,22H,3-5,7,9H2,1-2H3. The molecular weight excluding hydrogens is 320 g/mol. The molecule has 1 amide bonds. The molecule has 1 N–H and O–H groups in total. The lowest BCUT2D eigenvalue weighted by molar-refractivity contribution is -0.0289. The fraction of sp³-hybridized carbons (Fsp3) is 0.533. The van der Waals surface area contributed by atoms with E-state index in [1.54, 1.807) is 35.7 Å². The minimum Gasteiger partial charge on any atom is -0.388 e. The van der Waals surface area contributed by atoms with Gasteiger partial charge in [-0.25, -0.2) is 0 Å². The monoisotopic (exact) mass is 338 g/mol. The smallest absolute Gasteiger partial charge is 0.270 e. The maximum atomic E-state index is 12.7. The predicted octanol–water partition coefficient (Wildman–Crippen LogP) is 1.58. The first-order valence-corrected chi connectivity index (χ1v) is 7.87. The van der Waals surface area contributed by atoms with Crippen molar-refractivity contribution in [3.63, 3.8) is 0 Å². The van der Waals surface area contributed by atoms with E-state index >= 15 is 0 Å². The summed E-state index contributed by atoms with van der Waals surface area (Å²) >= 11 is 5.95. The highest BCUT2D eigenvalue weighted by molar-refractivity contribution is 6.31. The van der Waals surface area contributed by atoms with Crippen LogP contribution in [0.15, 0.2) is 16.8 Å². The van der Waals surface area contributed by atoms with Crippen molar-refractivity contribution >= 4 is 17.5 Å². The molecule has 3 rings (SSSR count). The molecule has 2 aromatic rings. The molecule has 0 aliphatic carbocycles. The van der Waals surface area contributed by atoms with E-state index in [4.69, 9.17) is 16.1 Å². The molecule has 3 heterocycles. The lowest BCUT2D eigenvalue weighted by atomic mass is 9.89. The fourth-order valence-electron chi connectivity index (χ4n) is 3.02. The van der Waals surface area contributed by atoms with E-state index in [9.17, 15) is 9.90 Å². The van der Waals surface area contributed by atoms with Crippen molar-refractivity contribution in [3.8, 4) is 0 Å². The Morgan fingerprint density at radius 3 is 2.96 bits per heavy atom. The number of carbonyl (C=O) groups is 1. The van der Waals surface area contributed by atoms with Gasteiger partial charge in [0.15, 0.2) is 5.82 Å². The third-order valence-corrected chi connectivity index (χ3v) is 4.29. The molecule has 0 bridgehead atoms. The van der Waals surface area contributed by atoms with Crippen LogP contribution in [0.25, 0.3) is 0 Å². The van der Waals surface area contributed by atoms with E-state index < -0.39 is 5.60 Å². The number of hydrogen-bond donors (Lipinski definition) is 1. The Labute approximate surface area is 138 Å². The molecule has 7 nitrogen and oxygen atoms in total. The molecule has 0 spiro atoms. The van der Waals surface area contributed by atoms with Gasteiger partial charge in [-0.05, 0) is 25.8 Å². The number of amides is 1. The van der Waals surface area contributed by atoms with Gasteiger partial charge in [-0.15, -0.1) is 0 Å². The number of rotatable bonds is 3. The maximum absolute atomic E-state index is 12.7. The third kappa shape index (κ3) is 3.40. The summed E-state index contributed by atoms with van der Waals surface area (Å²) in [6.45, 7) is 2.57. The average molecular weight is 339 g/mol. The number of likely N-dealkylation sites (tertiary alicyclic amines) is 1. The largest absolute Gasteiger partial charge is 0.388 e. The molecule has 2 aromatic heterocycles. The van der Waals surface area contributed by atoms with Crippen molar-refractivity contribution in [2.24, 2.45) is 7.05 Å². The summed E-state index contributed by atoms with van der Waals surface area (Å²) in [5.41, 5.74) is -0.546. The molecule has 124 valence electrons. The van der Waals surface area contributed by atoms with E-state index in [1.165, 1.54) is 0 Å². The van der Waals surface area contributed by atoms with Crippen LogP contribution >= 0.6 is 11.6 Å². The summed E-state index contributed by atoms with van der Waals surface area (Å²) in [6, 6.07) is 1.64. The number of aryl methyl sites for hydroxylation is 2. The zero-order valence-electron chi connectivity index (χ0n) is 13.1. The van der Waals surface area contributed by atoms with E-state index in [0.717, 1.165) is 0 Å². The Balaban J connectivity index is 1.74. The van der Waals surface area contributed by atoms with Crippen LogP contribution in [-0.2, 0) is 13.5 Å². The first kappa shape index (κ1) is 16.0. The van der Waals surface area contributed by atoms with Crippen molar-refractivity contribution in [1.82, 2.24) is 19.6 Å². The van der Waals surface area contributed by atoms with Crippen molar-refractivity contribution in [3.05, 3.63) is 34.7 Å². The lowest BCUT2D eigenvalue weighted by Gasteiger charge is -2.38. The van der Waals surface area contributed by atoms with Crippen LogP contribution in [0.4, 0.5) is 0 Å². The van der Waals surface area contributed by atoms with E-state index in [-0.39, 0.29) is 18.9 Å². The highest BCUT2D eigenvalue weighted by Crippen LogP contribution is 2.26. The first-order chi connectivity index (χ1) is 10.9. The van der Waals surface area contributed by atoms with E-state index in [1.807, 2.05) is 0 Å². The number of hydrogen-bond acceptors (Lipinski definition) is 5. The van der Waals surface area contributed by atoms with Crippen LogP contribution in [0.2, 0.25) is 5.02 Å². The van der Waals surface area contributed by atoms with Crippen LogP contribution in [0.1, 0.15) is 35.0 Å². The lowest BCUT2D eigenvalue weighted by Crippen LogP contribution is -2.51. The Morgan fingerprint density at radius 1 is 1.57 bits per heavy atom. The van der Waals surface area contributed by atoms with Gasteiger partial charge in [-0.3, -0.25) is 4.79 Å². The summed E-state index contributed by atoms with van der Waals surface area (Å²) in [4.78, 5) is 18.4. The molecule has 1 aliphatic heterocycles. The highest BCUT2D eigenvalue weighted by atomic mass is 35.5.